The van der Waals surface area contributed by atoms with Crippen LogP contribution in [0.4, 0.5) is 0 Å². The smallest absolute Gasteiger partial charge is 0.274 e. The van der Waals surface area contributed by atoms with Crippen LogP contribution in [0.3, 0.4) is 0 Å². The molecule has 10 heavy (non-hydrogen) atoms. The topological polar surface area (TPSA) is 52.6 Å². The molecular weight excluding hydrogens is 156 g/mol. The maximum absolute atomic E-state index is 10.7. The minimum atomic E-state index is -3.39. The van der Waals surface area contributed by atoms with Crippen molar-refractivity contribution in [2.24, 2.45) is 0 Å². The van der Waals surface area contributed by atoms with E-state index in [9.17, 15) is 8.42 Å². The Balaban J connectivity index is 2.56. The zero-order valence-electron chi connectivity index (χ0n) is 5.61. The second-order valence-corrected chi connectivity index (χ2v) is 3.51. The van der Waals surface area contributed by atoms with Gasteiger partial charge in [0, 0.05) is 7.11 Å². The standard InChI is InChI=1S/C5H9O4S/c1-8-5-2-3-9-10(6,7)4-5/h4-5H,2-3H2,1H3. The van der Waals surface area contributed by atoms with Crippen LogP contribution >= 0.6 is 0 Å². The van der Waals surface area contributed by atoms with Crippen LogP contribution in [0.2, 0.25) is 0 Å². The number of ether oxygens (including phenoxy) is 1. The van der Waals surface area contributed by atoms with Crippen LogP contribution in [0.1, 0.15) is 6.42 Å². The average Bonchev–Trinajstić information content (AvgIpc) is 1.86. The van der Waals surface area contributed by atoms with Crippen molar-refractivity contribution in [1.82, 2.24) is 0 Å². The molecule has 59 valence electrons. The third kappa shape index (κ3) is 1.93. The predicted octanol–water partition coefficient (Wildman–Crippen LogP) is -0.0867. The van der Waals surface area contributed by atoms with Gasteiger partial charge in [0.1, 0.15) is 5.75 Å². The van der Waals surface area contributed by atoms with E-state index in [4.69, 9.17) is 4.74 Å². The quantitative estimate of drug-likeness (QED) is 0.510. The molecule has 1 aliphatic rings. The lowest BCUT2D eigenvalue weighted by molar-refractivity contribution is 0.0989. The van der Waals surface area contributed by atoms with Crippen molar-refractivity contribution in [2.75, 3.05) is 13.7 Å². The van der Waals surface area contributed by atoms with Gasteiger partial charge < -0.3 is 4.74 Å². The molecule has 0 aromatic rings. The van der Waals surface area contributed by atoms with E-state index >= 15 is 0 Å². The van der Waals surface area contributed by atoms with E-state index in [1.54, 1.807) is 0 Å². The molecule has 1 rings (SSSR count). The van der Waals surface area contributed by atoms with Gasteiger partial charge in [0.15, 0.2) is 0 Å². The summed E-state index contributed by atoms with van der Waals surface area (Å²) in [6.07, 6.45) is 0.300. The van der Waals surface area contributed by atoms with Crippen LogP contribution < -0.4 is 0 Å². The first kappa shape index (κ1) is 7.97. The van der Waals surface area contributed by atoms with Crippen LogP contribution in [0, 0.1) is 5.75 Å². The van der Waals surface area contributed by atoms with E-state index in [-0.39, 0.29) is 12.7 Å². The van der Waals surface area contributed by atoms with Crippen molar-refractivity contribution in [1.29, 1.82) is 0 Å². The van der Waals surface area contributed by atoms with E-state index in [2.05, 4.69) is 4.18 Å². The average molecular weight is 165 g/mol. The highest BCUT2D eigenvalue weighted by molar-refractivity contribution is 7.88. The first-order valence-corrected chi connectivity index (χ1v) is 4.38. The Hall–Kier alpha value is -0.130. The molecule has 0 saturated carbocycles. The molecular formula is C5H9O4S. The summed E-state index contributed by atoms with van der Waals surface area (Å²) < 4.78 is 30.6. The maximum atomic E-state index is 10.7. The lowest BCUT2D eigenvalue weighted by atomic mass is 10.3. The summed E-state index contributed by atoms with van der Waals surface area (Å²) in [6.45, 7) is 0.220. The summed E-state index contributed by atoms with van der Waals surface area (Å²) in [6, 6.07) is 0. The molecule has 0 spiro atoms. The monoisotopic (exact) mass is 165 g/mol. The Bertz CT molecular complexity index is 196. The van der Waals surface area contributed by atoms with Crippen LogP contribution in [0.5, 0.6) is 0 Å². The molecule has 0 N–H and O–H groups in total. The molecule has 4 nitrogen and oxygen atoms in total. The molecule has 5 heteroatoms. The van der Waals surface area contributed by atoms with Crippen molar-refractivity contribution < 1.29 is 17.3 Å². The van der Waals surface area contributed by atoms with Gasteiger partial charge in [-0.3, -0.25) is 4.18 Å². The van der Waals surface area contributed by atoms with Gasteiger partial charge in [0.05, 0.1) is 12.7 Å². The van der Waals surface area contributed by atoms with Gasteiger partial charge in [-0.2, -0.15) is 8.42 Å². The van der Waals surface area contributed by atoms with Gasteiger partial charge in [-0.05, 0) is 6.42 Å². The zero-order valence-corrected chi connectivity index (χ0v) is 6.43. The molecule has 0 aromatic carbocycles. The lowest BCUT2D eigenvalue weighted by Crippen LogP contribution is -2.27. The van der Waals surface area contributed by atoms with Crippen LogP contribution in [0.25, 0.3) is 0 Å². The van der Waals surface area contributed by atoms with Crippen LogP contribution in [-0.2, 0) is 19.0 Å². The van der Waals surface area contributed by atoms with E-state index in [0.717, 1.165) is 5.75 Å². The second-order valence-electron chi connectivity index (χ2n) is 2.01. The van der Waals surface area contributed by atoms with Crippen LogP contribution in [0.15, 0.2) is 0 Å². The van der Waals surface area contributed by atoms with E-state index in [1.807, 2.05) is 0 Å². The molecule has 1 saturated heterocycles. The maximum Gasteiger partial charge on any atom is 0.274 e. The molecule has 1 heterocycles. The highest BCUT2D eigenvalue weighted by Gasteiger charge is 2.25. The molecule has 1 atom stereocenters. The normalized spacial score (nSPS) is 31.9. The molecule has 1 fully saturated rings. The summed E-state index contributed by atoms with van der Waals surface area (Å²) in [4.78, 5) is 0. The third-order valence-corrected chi connectivity index (χ3v) is 2.40. The first-order valence-electron chi connectivity index (χ1n) is 2.91. The van der Waals surface area contributed by atoms with Gasteiger partial charge in [0.2, 0.25) is 0 Å². The molecule has 1 aliphatic heterocycles. The van der Waals surface area contributed by atoms with Crippen molar-refractivity contribution in [3.63, 3.8) is 0 Å². The summed E-state index contributed by atoms with van der Waals surface area (Å²) in [5.41, 5.74) is 0. The Morgan fingerprint density at radius 1 is 1.70 bits per heavy atom. The lowest BCUT2D eigenvalue weighted by Gasteiger charge is -2.19. The summed E-state index contributed by atoms with van der Waals surface area (Å²) in [5.74, 6) is 1.08. The SMILES string of the molecule is COC1[CH]S(=O)(=O)OCC1. The fourth-order valence-corrected chi connectivity index (χ4v) is 1.77. The predicted molar refractivity (Wildman–Crippen MR) is 34.6 cm³/mol. The third-order valence-electron chi connectivity index (χ3n) is 1.27. The molecule has 0 bridgehead atoms. The van der Waals surface area contributed by atoms with Crippen LogP contribution in [-0.4, -0.2) is 28.2 Å². The highest BCUT2D eigenvalue weighted by atomic mass is 32.2. The number of hydrogen-bond acceptors (Lipinski definition) is 4. The van der Waals surface area contributed by atoms with Crippen molar-refractivity contribution in [3.05, 3.63) is 5.75 Å². The second kappa shape index (κ2) is 2.86. The van der Waals surface area contributed by atoms with Crippen molar-refractivity contribution >= 4 is 10.1 Å². The number of hydrogen-bond donors (Lipinski definition) is 0. The fraction of sp³-hybridized carbons (Fsp3) is 0.800. The fourth-order valence-electron chi connectivity index (χ4n) is 0.747. The van der Waals surface area contributed by atoms with Gasteiger partial charge in [-0.1, -0.05) is 0 Å². The Morgan fingerprint density at radius 3 is 2.80 bits per heavy atom. The first-order chi connectivity index (χ1) is 4.64. The molecule has 1 radical (unpaired) electrons. The van der Waals surface area contributed by atoms with Gasteiger partial charge in [-0.15, -0.1) is 0 Å². The van der Waals surface area contributed by atoms with E-state index < -0.39 is 10.1 Å². The molecule has 0 amide bonds. The minimum absolute atomic E-state index is 0.220. The molecule has 1 unspecified atom stereocenters. The Morgan fingerprint density at radius 2 is 2.40 bits per heavy atom. The molecule has 0 aromatic heterocycles. The zero-order chi connectivity index (χ0) is 7.61. The Kier molecular flexibility index (Phi) is 2.28. The van der Waals surface area contributed by atoms with Gasteiger partial charge >= 0.3 is 0 Å². The molecule has 0 aliphatic carbocycles. The summed E-state index contributed by atoms with van der Waals surface area (Å²) in [5, 5.41) is 0. The number of methoxy groups -OCH3 is 1. The number of rotatable bonds is 1. The van der Waals surface area contributed by atoms with E-state index in [1.165, 1.54) is 7.11 Å². The summed E-state index contributed by atoms with van der Waals surface area (Å²) in [7, 11) is -1.92. The Labute approximate surface area is 60.3 Å². The van der Waals surface area contributed by atoms with Gasteiger partial charge in [0.25, 0.3) is 10.1 Å². The highest BCUT2D eigenvalue weighted by Crippen LogP contribution is 2.15. The minimum Gasteiger partial charge on any atom is -0.380 e. The van der Waals surface area contributed by atoms with E-state index in [0.29, 0.717) is 6.42 Å². The van der Waals surface area contributed by atoms with Crippen molar-refractivity contribution in [2.45, 2.75) is 12.5 Å². The van der Waals surface area contributed by atoms with Gasteiger partial charge in [-0.25, -0.2) is 0 Å². The largest absolute Gasteiger partial charge is 0.380 e. The summed E-state index contributed by atoms with van der Waals surface area (Å²) >= 11 is 0. The van der Waals surface area contributed by atoms with Crippen molar-refractivity contribution in [3.8, 4) is 0 Å².